The lowest BCUT2D eigenvalue weighted by Crippen LogP contribution is -2.55. The Labute approximate surface area is 377 Å². The molecule has 2 atom stereocenters. The molecule has 0 aliphatic carbocycles. The van der Waals surface area contributed by atoms with E-state index in [9.17, 15) is 19.2 Å². The zero-order valence-electron chi connectivity index (χ0n) is 37.2. The maximum atomic E-state index is 13.8. The van der Waals surface area contributed by atoms with Gasteiger partial charge in [0.05, 0.1) is 0 Å². The van der Waals surface area contributed by atoms with E-state index < -0.39 is 12.1 Å². The Bertz CT molecular complexity index is 2460. The van der Waals surface area contributed by atoms with Crippen LogP contribution in [0.25, 0.3) is 0 Å². The molecule has 6 aromatic carbocycles. The van der Waals surface area contributed by atoms with Gasteiger partial charge in [-0.3, -0.25) is 29.0 Å². The molecule has 2 aliphatic heterocycles. The fourth-order valence-corrected chi connectivity index (χ4v) is 8.97. The average Bonchev–Trinajstić information content (AvgIpc) is 3.29. The number of aryl methyl sites for hydroxylation is 4. The molecule has 0 saturated carbocycles. The number of carbonyl (C=O) groups is 4. The van der Waals surface area contributed by atoms with Crippen LogP contribution in [0.15, 0.2) is 171 Å². The topological polar surface area (TPSA) is 81.2 Å². The van der Waals surface area contributed by atoms with Gasteiger partial charge in [0.15, 0.2) is 0 Å². The van der Waals surface area contributed by atoms with Crippen LogP contribution in [0.1, 0.15) is 67.7 Å². The standard InChI is InChI=1S/2C28H28N2O2/c2*1-4-11-24-21(3)16-20(2)17-25(24)30-26(31)19-29(18-22-12-7-5-8-13-22)28(32)27(30)23-14-9-6-10-15-23/h2*4-10,12-17,27H,1,11,18-19H2,2-3H3/t2*27-/m11/s1. The van der Waals surface area contributed by atoms with Crippen LogP contribution in [-0.4, -0.2) is 46.5 Å². The van der Waals surface area contributed by atoms with Gasteiger partial charge < -0.3 is 9.80 Å². The van der Waals surface area contributed by atoms with Crippen molar-refractivity contribution in [2.24, 2.45) is 0 Å². The second kappa shape index (κ2) is 20.2. The van der Waals surface area contributed by atoms with Crippen molar-refractivity contribution in [3.05, 3.63) is 227 Å². The van der Waals surface area contributed by atoms with Gasteiger partial charge in [-0.05, 0) is 108 Å². The predicted octanol–water partition coefficient (Wildman–Crippen LogP) is 10.3. The second-order valence-corrected chi connectivity index (χ2v) is 16.7. The number of nitrogens with zero attached hydrogens (tertiary/aromatic N) is 4. The summed E-state index contributed by atoms with van der Waals surface area (Å²) in [4.78, 5) is 61.6. The Kier molecular flexibility index (Phi) is 14.1. The van der Waals surface area contributed by atoms with E-state index in [-0.39, 0.29) is 36.7 Å². The molecule has 6 aromatic rings. The quantitative estimate of drug-likeness (QED) is 0.115. The Hall–Kier alpha value is -7.32. The van der Waals surface area contributed by atoms with Crippen LogP contribution in [0, 0.1) is 27.7 Å². The summed E-state index contributed by atoms with van der Waals surface area (Å²) in [6.07, 6.45) is 4.95. The predicted molar refractivity (Wildman–Crippen MR) is 257 cm³/mol. The first-order valence-corrected chi connectivity index (χ1v) is 21.8. The summed E-state index contributed by atoms with van der Waals surface area (Å²) in [5, 5.41) is 0. The minimum absolute atomic E-state index is 0.0532. The molecule has 0 radical (unpaired) electrons. The first kappa shape index (κ1) is 44.7. The first-order chi connectivity index (χ1) is 31.0. The number of hydrogen-bond donors (Lipinski definition) is 0. The van der Waals surface area contributed by atoms with Crippen LogP contribution in [0.4, 0.5) is 11.4 Å². The molecule has 0 spiro atoms. The fraction of sp³-hybridized carbons (Fsp3) is 0.214. The van der Waals surface area contributed by atoms with Crippen LogP contribution < -0.4 is 9.80 Å². The second-order valence-electron chi connectivity index (χ2n) is 16.7. The van der Waals surface area contributed by atoms with Crippen molar-refractivity contribution in [2.45, 2.75) is 65.7 Å². The van der Waals surface area contributed by atoms with Gasteiger partial charge in [0.2, 0.25) is 11.8 Å². The largest absolute Gasteiger partial charge is 0.327 e. The number of benzene rings is 6. The molecule has 8 nitrogen and oxygen atoms in total. The van der Waals surface area contributed by atoms with Crippen molar-refractivity contribution < 1.29 is 19.2 Å². The zero-order valence-corrected chi connectivity index (χ0v) is 37.2. The summed E-state index contributed by atoms with van der Waals surface area (Å²) >= 11 is 0. The number of piperazine rings is 2. The van der Waals surface area contributed by atoms with Gasteiger partial charge in [0.25, 0.3) is 11.8 Å². The SMILES string of the molecule is C=CCc1c(C)cc(C)cc1N1C(=O)CN(Cc2ccccc2)C(=O)[C@H]1c1ccccc1.C=CCc1c(C)cc(C)cc1N1C(=O)CN(Cc2ccccc2)C(=O)[C@H]1c1ccccc1. The number of allylic oxidation sites excluding steroid dienone is 2. The molecule has 0 bridgehead atoms. The van der Waals surface area contributed by atoms with Crippen molar-refractivity contribution in [2.75, 3.05) is 22.9 Å². The molecule has 2 saturated heterocycles. The van der Waals surface area contributed by atoms with Gasteiger partial charge in [-0.1, -0.05) is 146 Å². The highest BCUT2D eigenvalue weighted by atomic mass is 16.2. The minimum atomic E-state index is -0.703. The molecular weight excluding hydrogens is 793 g/mol. The molecule has 8 rings (SSSR count). The Morgan fingerprint density at radius 2 is 0.812 bits per heavy atom. The molecular formula is C56H56N4O4. The summed E-state index contributed by atoms with van der Waals surface area (Å²) in [5.74, 6) is -0.291. The molecule has 0 aromatic heterocycles. The smallest absolute Gasteiger partial charge is 0.251 e. The summed E-state index contributed by atoms with van der Waals surface area (Å²) < 4.78 is 0. The molecule has 4 amide bonds. The van der Waals surface area contributed by atoms with Crippen molar-refractivity contribution in [1.29, 1.82) is 0 Å². The minimum Gasteiger partial charge on any atom is -0.327 e. The number of carbonyl (C=O) groups excluding carboxylic acids is 4. The van der Waals surface area contributed by atoms with Gasteiger partial charge in [-0.15, -0.1) is 13.2 Å². The third-order valence-electron chi connectivity index (χ3n) is 11.9. The van der Waals surface area contributed by atoms with Crippen molar-refractivity contribution in [1.82, 2.24) is 9.80 Å². The normalized spacial score (nSPS) is 16.4. The van der Waals surface area contributed by atoms with Crippen LogP contribution >= 0.6 is 0 Å². The molecule has 324 valence electrons. The van der Waals surface area contributed by atoms with Crippen LogP contribution in [0.3, 0.4) is 0 Å². The lowest BCUT2D eigenvalue weighted by Gasteiger charge is -2.41. The van der Waals surface area contributed by atoms with E-state index in [0.717, 1.165) is 67.0 Å². The molecule has 64 heavy (non-hydrogen) atoms. The third kappa shape index (κ3) is 9.82. The summed E-state index contributed by atoms with van der Waals surface area (Å²) in [6.45, 7) is 16.9. The van der Waals surface area contributed by atoms with Gasteiger partial charge in [0.1, 0.15) is 25.2 Å². The molecule has 0 N–H and O–H groups in total. The van der Waals surface area contributed by atoms with Gasteiger partial charge >= 0.3 is 0 Å². The summed E-state index contributed by atoms with van der Waals surface area (Å²) in [5.41, 5.74) is 11.6. The van der Waals surface area contributed by atoms with Gasteiger partial charge in [-0.25, -0.2) is 0 Å². The van der Waals surface area contributed by atoms with Crippen LogP contribution in [0.5, 0.6) is 0 Å². The molecule has 8 heteroatoms. The number of rotatable bonds is 12. The van der Waals surface area contributed by atoms with Gasteiger partial charge in [-0.2, -0.15) is 0 Å². The zero-order chi connectivity index (χ0) is 45.3. The van der Waals surface area contributed by atoms with E-state index in [0.29, 0.717) is 25.9 Å². The summed E-state index contributed by atoms with van der Waals surface area (Å²) in [7, 11) is 0. The van der Waals surface area contributed by atoms with Crippen molar-refractivity contribution in [3.8, 4) is 0 Å². The molecule has 0 unspecified atom stereocenters. The highest BCUT2D eigenvalue weighted by Gasteiger charge is 2.43. The Morgan fingerprint density at radius 3 is 1.14 bits per heavy atom. The highest BCUT2D eigenvalue weighted by Crippen LogP contribution is 2.39. The monoisotopic (exact) mass is 848 g/mol. The maximum Gasteiger partial charge on any atom is 0.251 e. The Morgan fingerprint density at radius 1 is 0.484 bits per heavy atom. The lowest BCUT2D eigenvalue weighted by atomic mass is 9.94. The van der Waals surface area contributed by atoms with Crippen molar-refractivity contribution >= 4 is 35.0 Å². The molecule has 2 aliphatic rings. The van der Waals surface area contributed by atoms with E-state index in [1.807, 2.05) is 173 Å². The average molecular weight is 849 g/mol. The van der Waals surface area contributed by atoms with E-state index in [2.05, 4.69) is 25.3 Å². The first-order valence-electron chi connectivity index (χ1n) is 21.8. The highest BCUT2D eigenvalue weighted by molar-refractivity contribution is 6.08. The third-order valence-corrected chi connectivity index (χ3v) is 11.9. The number of hydrogen-bond acceptors (Lipinski definition) is 4. The Balaban J connectivity index is 0.000000191. The van der Waals surface area contributed by atoms with Crippen LogP contribution in [-0.2, 0) is 45.1 Å². The molecule has 2 fully saturated rings. The van der Waals surface area contributed by atoms with E-state index >= 15 is 0 Å². The lowest BCUT2D eigenvalue weighted by molar-refractivity contribution is -0.142. The van der Waals surface area contributed by atoms with E-state index in [1.165, 1.54) is 0 Å². The van der Waals surface area contributed by atoms with Gasteiger partial charge in [0, 0.05) is 24.5 Å². The molecule has 2 heterocycles. The fourth-order valence-electron chi connectivity index (χ4n) is 8.97. The van der Waals surface area contributed by atoms with Crippen molar-refractivity contribution in [3.63, 3.8) is 0 Å². The number of anilines is 2. The van der Waals surface area contributed by atoms with E-state index in [1.54, 1.807) is 19.6 Å². The summed E-state index contributed by atoms with van der Waals surface area (Å²) in [6, 6.07) is 45.6. The number of amides is 4. The maximum absolute atomic E-state index is 13.8. The van der Waals surface area contributed by atoms with E-state index in [4.69, 9.17) is 0 Å². The van der Waals surface area contributed by atoms with Crippen LogP contribution in [0.2, 0.25) is 0 Å².